The van der Waals surface area contributed by atoms with Crippen LogP contribution < -0.4 is 0 Å². The predicted octanol–water partition coefficient (Wildman–Crippen LogP) is 1.21. The summed E-state index contributed by atoms with van der Waals surface area (Å²) in [5.41, 5.74) is 0.421. The number of aliphatic carboxylic acids is 1. The van der Waals surface area contributed by atoms with Gasteiger partial charge in [-0.3, -0.25) is 14.6 Å². The number of fused-ring (bicyclic) bond motifs is 1. The number of piperazine rings is 1. The Kier molecular flexibility index (Phi) is 4.27. The van der Waals surface area contributed by atoms with Crippen molar-refractivity contribution < 1.29 is 34.1 Å². The summed E-state index contributed by atoms with van der Waals surface area (Å²) in [7, 11) is 0. The zero-order valence-corrected chi connectivity index (χ0v) is 16.8. The quantitative estimate of drug-likeness (QED) is 0.651. The van der Waals surface area contributed by atoms with E-state index in [2.05, 4.69) is 0 Å². The van der Waals surface area contributed by atoms with Crippen molar-refractivity contribution in [2.75, 3.05) is 19.7 Å². The molecule has 10 nitrogen and oxygen atoms in total. The van der Waals surface area contributed by atoms with Crippen LogP contribution in [0.1, 0.15) is 24.8 Å². The SMILES string of the molecule is O=C(O)[C@@H]1[C@H]2C(=O)N(C34CC(COCc5ccccc5)(C3)C4)C(=O)N2CCN1C(=O)O. The van der Waals surface area contributed by atoms with Crippen LogP contribution in [0.5, 0.6) is 0 Å². The summed E-state index contributed by atoms with van der Waals surface area (Å²) in [5.74, 6) is -2.04. The smallest absolute Gasteiger partial charge is 0.408 e. The van der Waals surface area contributed by atoms with Gasteiger partial charge in [0.1, 0.15) is 6.04 Å². The van der Waals surface area contributed by atoms with E-state index in [4.69, 9.17) is 4.74 Å². The number of rotatable bonds is 6. The lowest BCUT2D eigenvalue weighted by Gasteiger charge is -2.72. The Morgan fingerprint density at radius 3 is 2.35 bits per heavy atom. The van der Waals surface area contributed by atoms with Crippen LogP contribution in [0.3, 0.4) is 0 Å². The normalized spacial score (nSPS) is 33.6. The lowest BCUT2D eigenvalue weighted by molar-refractivity contribution is -0.226. The van der Waals surface area contributed by atoms with E-state index >= 15 is 0 Å². The molecule has 0 unspecified atom stereocenters. The first kappa shape index (κ1) is 19.8. The molecule has 2 heterocycles. The van der Waals surface area contributed by atoms with Crippen molar-refractivity contribution in [2.45, 2.75) is 43.5 Å². The van der Waals surface area contributed by atoms with Gasteiger partial charge in [0.25, 0.3) is 5.91 Å². The van der Waals surface area contributed by atoms with Crippen LogP contribution in [-0.4, -0.2) is 86.2 Å². The minimum absolute atomic E-state index is 0.00320. The summed E-state index contributed by atoms with van der Waals surface area (Å²) >= 11 is 0. The van der Waals surface area contributed by atoms with Crippen LogP contribution >= 0.6 is 0 Å². The Morgan fingerprint density at radius 2 is 1.74 bits per heavy atom. The molecule has 4 amide bonds. The van der Waals surface area contributed by atoms with Gasteiger partial charge < -0.3 is 19.8 Å². The Labute approximate surface area is 178 Å². The zero-order chi connectivity index (χ0) is 22.0. The monoisotopic (exact) mass is 429 g/mol. The van der Waals surface area contributed by atoms with Gasteiger partial charge in [0.2, 0.25) is 0 Å². The number of hydrogen-bond acceptors (Lipinski definition) is 5. The van der Waals surface area contributed by atoms with Crippen molar-refractivity contribution in [3.05, 3.63) is 35.9 Å². The van der Waals surface area contributed by atoms with Gasteiger partial charge in [-0.2, -0.15) is 0 Å². The van der Waals surface area contributed by atoms with Crippen LogP contribution in [0.2, 0.25) is 0 Å². The zero-order valence-electron chi connectivity index (χ0n) is 16.8. The number of benzene rings is 1. The second-order valence-corrected chi connectivity index (χ2v) is 9.09. The second kappa shape index (κ2) is 6.68. The van der Waals surface area contributed by atoms with E-state index < -0.39 is 41.6 Å². The van der Waals surface area contributed by atoms with E-state index in [9.17, 15) is 29.4 Å². The largest absolute Gasteiger partial charge is 0.480 e. The number of ether oxygens (including phenoxy) is 1. The van der Waals surface area contributed by atoms with E-state index in [0.29, 0.717) is 32.5 Å². The van der Waals surface area contributed by atoms with E-state index in [1.54, 1.807) is 0 Å². The summed E-state index contributed by atoms with van der Waals surface area (Å²) in [4.78, 5) is 52.6. The summed E-state index contributed by atoms with van der Waals surface area (Å²) < 4.78 is 5.86. The van der Waals surface area contributed by atoms with Gasteiger partial charge in [-0.1, -0.05) is 30.3 Å². The van der Waals surface area contributed by atoms with Crippen LogP contribution in [0.15, 0.2) is 30.3 Å². The molecule has 164 valence electrons. The molecule has 5 aliphatic rings. The first-order chi connectivity index (χ1) is 14.8. The highest BCUT2D eigenvalue weighted by Crippen LogP contribution is 2.70. The number of imide groups is 1. The van der Waals surface area contributed by atoms with Crippen molar-refractivity contribution in [1.82, 2.24) is 14.7 Å². The molecule has 3 saturated carbocycles. The number of carboxylic acids is 1. The lowest BCUT2D eigenvalue weighted by atomic mass is 9.39. The summed E-state index contributed by atoms with van der Waals surface area (Å²) in [6, 6.07) is 6.40. The van der Waals surface area contributed by atoms with Crippen molar-refractivity contribution in [3.63, 3.8) is 0 Å². The average molecular weight is 429 g/mol. The highest BCUT2D eigenvalue weighted by atomic mass is 16.5. The maximum absolute atomic E-state index is 13.1. The van der Waals surface area contributed by atoms with Gasteiger partial charge in [0.15, 0.2) is 6.04 Å². The third-order valence-corrected chi connectivity index (χ3v) is 7.07. The third kappa shape index (κ3) is 2.81. The van der Waals surface area contributed by atoms with Crippen molar-refractivity contribution in [1.29, 1.82) is 0 Å². The van der Waals surface area contributed by atoms with Gasteiger partial charge in [0.05, 0.1) is 18.8 Å². The molecule has 2 saturated heterocycles. The Hall–Kier alpha value is -3.14. The molecule has 6 rings (SSSR count). The minimum Gasteiger partial charge on any atom is -0.480 e. The van der Waals surface area contributed by atoms with Crippen molar-refractivity contribution in [3.8, 4) is 0 Å². The molecule has 2 aliphatic heterocycles. The molecular formula is C21H23N3O7. The van der Waals surface area contributed by atoms with Crippen LogP contribution in [0.4, 0.5) is 9.59 Å². The van der Waals surface area contributed by atoms with Crippen molar-refractivity contribution >= 4 is 24.0 Å². The molecule has 1 aromatic carbocycles. The van der Waals surface area contributed by atoms with Gasteiger partial charge in [0, 0.05) is 18.5 Å². The highest BCUT2D eigenvalue weighted by Gasteiger charge is 2.75. The van der Waals surface area contributed by atoms with Crippen LogP contribution in [0, 0.1) is 5.41 Å². The summed E-state index contributed by atoms with van der Waals surface area (Å²) in [5, 5.41) is 18.9. The molecule has 2 bridgehead atoms. The van der Waals surface area contributed by atoms with Gasteiger partial charge >= 0.3 is 18.1 Å². The Morgan fingerprint density at radius 1 is 1.06 bits per heavy atom. The predicted molar refractivity (Wildman–Crippen MR) is 104 cm³/mol. The van der Waals surface area contributed by atoms with E-state index in [0.717, 1.165) is 10.5 Å². The summed E-state index contributed by atoms with van der Waals surface area (Å²) in [6.45, 7) is 0.902. The van der Waals surface area contributed by atoms with Gasteiger partial charge in [-0.15, -0.1) is 0 Å². The summed E-state index contributed by atoms with van der Waals surface area (Å²) in [6.07, 6.45) is 0.485. The number of carbonyl (C=O) groups is 4. The maximum Gasteiger partial charge on any atom is 0.408 e. The minimum atomic E-state index is -1.59. The highest BCUT2D eigenvalue weighted by molar-refractivity contribution is 6.08. The van der Waals surface area contributed by atoms with Gasteiger partial charge in [-0.25, -0.2) is 14.4 Å². The van der Waals surface area contributed by atoms with Gasteiger partial charge in [-0.05, 0) is 24.8 Å². The molecule has 31 heavy (non-hydrogen) atoms. The Balaban J connectivity index is 1.26. The first-order valence-electron chi connectivity index (χ1n) is 10.3. The lowest BCUT2D eigenvalue weighted by Crippen LogP contribution is -2.77. The number of amides is 4. The van der Waals surface area contributed by atoms with Crippen LogP contribution in [0.25, 0.3) is 0 Å². The van der Waals surface area contributed by atoms with Crippen LogP contribution in [-0.2, 0) is 20.9 Å². The van der Waals surface area contributed by atoms with E-state index in [1.165, 1.54) is 9.80 Å². The molecule has 0 aromatic heterocycles. The molecule has 2 N–H and O–H groups in total. The number of carbonyl (C=O) groups excluding carboxylic acids is 2. The fourth-order valence-electron chi connectivity index (χ4n) is 5.88. The Bertz CT molecular complexity index is 945. The number of urea groups is 1. The topological polar surface area (TPSA) is 128 Å². The standard InChI is InChI=1S/C21H23N3O7/c25-16-14-15(17(26)27)23(19(29)30)7-6-22(14)18(28)24(16)21-9-20(10-21,11-21)12-31-8-13-4-2-1-3-5-13/h1-5,14-15H,6-12H2,(H,26,27)(H,29,30)/t14-,15-,20?,21?/m0/s1. The molecule has 0 radical (unpaired) electrons. The molecule has 1 aromatic rings. The fraction of sp³-hybridized carbons (Fsp3) is 0.524. The maximum atomic E-state index is 13.1. The molecule has 10 heteroatoms. The number of carboxylic acid groups (broad SMARTS) is 2. The molecular weight excluding hydrogens is 406 g/mol. The van der Waals surface area contributed by atoms with E-state index in [1.807, 2.05) is 30.3 Å². The molecule has 5 fully saturated rings. The molecule has 3 aliphatic carbocycles. The van der Waals surface area contributed by atoms with Crippen molar-refractivity contribution in [2.24, 2.45) is 5.41 Å². The average Bonchev–Trinajstić information content (AvgIpc) is 2.93. The fourth-order valence-corrected chi connectivity index (χ4v) is 5.88. The molecule has 2 atom stereocenters. The van der Waals surface area contributed by atoms with E-state index in [-0.39, 0.29) is 18.5 Å². The number of nitrogens with zero attached hydrogens (tertiary/aromatic N) is 3. The second-order valence-electron chi connectivity index (χ2n) is 9.09. The number of hydrogen-bond donors (Lipinski definition) is 2. The molecule has 0 spiro atoms. The third-order valence-electron chi connectivity index (χ3n) is 7.07. The first-order valence-corrected chi connectivity index (χ1v) is 10.3.